The minimum Gasteiger partial charge on any atom is -0.151 e. The van der Waals surface area contributed by atoms with Gasteiger partial charge in [-0.05, 0) is 43.3 Å². The van der Waals surface area contributed by atoms with Crippen molar-refractivity contribution in [3.8, 4) is 0 Å². The topological polar surface area (TPSA) is 0 Å². The summed E-state index contributed by atoms with van der Waals surface area (Å²) in [5.74, 6) is 0. The summed E-state index contributed by atoms with van der Waals surface area (Å²) >= 11 is 13.8. The minimum absolute atomic E-state index is 1.07. The highest BCUT2D eigenvalue weighted by Gasteiger charge is 2.34. The van der Waals surface area contributed by atoms with Gasteiger partial charge in [0.25, 0.3) is 0 Å². The van der Waals surface area contributed by atoms with Crippen molar-refractivity contribution in [3.63, 3.8) is 0 Å². The van der Waals surface area contributed by atoms with Crippen LogP contribution in [0.1, 0.15) is 0 Å². The molecule has 0 unspecified atom stereocenters. The summed E-state index contributed by atoms with van der Waals surface area (Å²) in [6.07, 6.45) is 0. The number of rotatable bonds is 4. The van der Waals surface area contributed by atoms with Gasteiger partial charge in [-0.25, -0.2) is 0 Å². The third kappa shape index (κ3) is 3.78. The molecule has 0 aromatic carbocycles. The molecule has 0 N–H and O–H groups in total. The second-order valence-corrected chi connectivity index (χ2v) is 14.3. The standard InChI is InChI=1S/C10H10S8/c11-1-3-16-18(17-4-2-12)8-7-15-10(18)9-13-5-6-14-9/h1-8,11-12H/b3-1+,4-2+. The van der Waals surface area contributed by atoms with E-state index < -0.39 is 8.09 Å². The predicted molar refractivity (Wildman–Crippen MR) is 107 cm³/mol. The smallest absolute Gasteiger partial charge is 0.0702 e. The fourth-order valence-corrected chi connectivity index (χ4v) is 15.1. The zero-order valence-electron chi connectivity index (χ0n) is 8.96. The number of thioether (sulfide) groups is 3. The lowest BCUT2D eigenvalue weighted by molar-refractivity contribution is 2.37. The third-order valence-electron chi connectivity index (χ3n) is 1.76. The van der Waals surface area contributed by atoms with Gasteiger partial charge in [-0.2, -0.15) is 25.3 Å². The SMILES string of the molecule is S/C=C/SS1(S/C=C/S)C=CSC1=C1SC=CS1. The maximum absolute atomic E-state index is 4.16. The molecule has 0 spiro atoms. The average molecular weight is 387 g/mol. The molecule has 98 valence electrons. The van der Waals surface area contributed by atoms with Crippen molar-refractivity contribution in [1.29, 1.82) is 0 Å². The zero-order valence-corrected chi connectivity index (χ0v) is 15.7. The minimum atomic E-state index is -1.07. The van der Waals surface area contributed by atoms with Crippen LogP contribution >= 0.6 is 90.2 Å². The Balaban J connectivity index is 2.30. The molecule has 2 aliphatic heterocycles. The first-order valence-corrected chi connectivity index (χ1v) is 12.8. The summed E-state index contributed by atoms with van der Waals surface area (Å²) in [6.45, 7) is 0. The molecule has 0 aromatic rings. The molecular weight excluding hydrogens is 377 g/mol. The Bertz CT molecular complexity index is 421. The summed E-state index contributed by atoms with van der Waals surface area (Å²) in [6, 6.07) is 0. The molecule has 18 heavy (non-hydrogen) atoms. The lowest BCUT2D eigenvalue weighted by atomic mass is 11.2. The Morgan fingerprint density at radius 3 is 2.11 bits per heavy atom. The van der Waals surface area contributed by atoms with E-state index in [0.717, 1.165) is 0 Å². The number of hydrogen-bond donors (Lipinski definition) is 2. The van der Waals surface area contributed by atoms with Crippen LogP contribution in [-0.4, -0.2) is 0 Å². The molecule has 0 atom stereocenters. The van der Waals surface area contributed by atoms with Crippen LogP contribution in [0.15, 0.2) is 51.7 Å². The van der Waals surface area contributed by atoms with E-state index in [2.05, 4.69) is 57.7 Å². The second-order valence-electron chi connectivity index (χ2n) is 2.78. The Kier molecular flexibility index (Phi) is 7.12. The molecule has 0 aromatic heterocycles. The first kappa shape index (κ1) is 15.9. The molecule has 2 aliphatic rings. The van der Waals surface area contributed by atoms with Crippen LogP contribution in [0.3, 0.4) is 0 Å². The summed E-state index contributed by atoms with van der Waals surface area (Å²) in [7, 11) is 2.63. The molecule has 2 rings (SSSR count). The van der Waals surface area contributed by atoms with Gasteiger partial charge in [0.15, 0.2) is 0 Å². The van der Waals surface area contributed by atoms with E-state index in [1.807, 2.05) is 56.9 Å². The molecule has 0 bridgehead atoms. The summed E-state index contributed by atoms with van der Waals surface area (Å²) < 4.78 is 2.87. The lowest BCUT2D eigenvalue weighted by Crippen LogP contribution is -1.83. The van der Waals surface area contributed by atoms with E-state index in [1.54, 1.807) is 10.8 Å². The largest absolute Gasteiger partial charge is 0.151 e. The fraction of sp³-hybridized carbons (Fsp3) is 0. The van der Waals surface area contributed by atoms with Crippen LogP contribution in [0.25, 0.3) is 0 Å². The van der Waals surface area contributed by atoms with Crippen LogP contribution in [0, 0.1) is 0 Å². The van der Waals surface area contributed by atoms with Crippen molar-refractivity contribution in [2.24, 2.45) is 0 Å². The molecule has 8 heteroatoms. The van der Waals surface area contributed by atoms with E-state index in [0.29, 0.717) is 0 Å². The highest BCUT2D eigenvalue weighted by Crippen LogP contribution is 2.83. The van der Waals surface area contributed by atoms with E-state index >= 15 is 0 Å². The van der Waals surface area contributed by atoms with Gasteiger partial charge in [0.1, 0.15) is 0 Å². The molecular formula is C10H10S8. The van der Waals surface area contributed by atoms with Crippen LogP contribution in [0.2, 0.25) is 0 Å². The zero-order chi connectivity index (χ0) is 12.8. The maximum Gasteiger partial charge on any atom is 0.0702 e. The van der Waals surface area contributed by atoms with Gasteiger partial charge in [-0.3, -0.25) is 0 Å². The van der Waals surface area contributed by atoms with Gasteiger partial charge < -0.3 is 0 Å². The van der Waals surface area contributed by atoms with E-state index in [9.17, 15) is 0 Å². The molecule has 0 nitrogen and oxygen atoms in total. The van der Waals surface area contributed by atoms with Crippen LogP contribution in [-0.2, 0) is 0 Å². The maximum atomic E-state index is 4.16. The average Bonchev–Trinajstić information content (AvgIpc) is 3.03. The van der Waals surface area contributed by atoms with Crippen molar-refractivity contribution in [2.75, 3.05) is 0 Å². The summed E-state index contributed by atoms with van der Waals surface area (Å²) in [5, 5.41) is 16.6. The van der Waals surface area contributed by atoms with E-state index in [4.69, 9.17) is 0 Å². The highest BCUT2D eigenvalue weighted by atomic mass is 33.6. The fourth-order valence-electron chi connectivity index (χ4n) is 1.15. The van der Waals surface area contributed by atoms with Crippen molar-refractivity contribution in [3.05, 3.63) is 51.7 Å². The van der Waals surface area contributed by atoms with Crippen LogP contribution in [0.5, 0.6) is 0 Å². The van der Waals surface area contributed by atoms with Gasteiger partial charge in [0.05, 0.1) is 8.47 Å². The van der Waals surface area contributed by atoms with E-state index in [1.165, 1.54) is 8.47 Å². The van der Waals surface area contributed by atoms with Gasteiger partial charge in [0, 0.05) is 0 Å². The normalized spacial score (nSPS) is 23.9. The molecule has 0 fully saturated rings. The number of thiol groups is 2. The third-order valence-corrected chi connectivity index (χ3v) is 15.4. The molecule has 2 heterocycles. The monoisotopic (exact) mass is 386 g/mol. The quantitative estimate of drug-likeness (QED) is 0.386. The van der Waals surface area contributed by atoms with E-state index in [-0.39, 0.29) is 0 Å². The van der Waals surface area contributed by atoms with Crippen molar-refractivity contribution >= 4 is 90.2 Å². The lowest BCUT2D eigenvalue weighted by Gasteiger charge is -2.31. The molecule has 0 saturated carbocycles. The van der Waals surface area contributed by atoms with Crippen LogP contribution < -0.4 is 0 Å². The van der Waals surface area contributed by atoms with Gasteiger partial charge in [-0.15, -0.1) is 0 Å². The first-order chi connectivity index (χ1) is 8.82. The van der Waals surface area contributed by atoms with Crippen molar-refractivity contribution in [1.82, 2.24) is 0 Å². The van der Waals surface area contributed by atoms with Crippen molar-refractivity contribution in [2.45, 2.75) is 0 Å². The van der Waals surface area contributed by atoms with Crippen molar-refractivity contribution < 1.29 is 0 Å². The Morgan fingerprint density at radius 2 is 1.56 bits per heavy atom. The predicted octanol–water partition coefficient (Wildman–Crippen LogP) is 7.19. The number of hydrogen-bond acceptors (Lipinski definition) is 7. The Morgan fingerprint density at radius 1 is 0.944 bits per heavy atom. The van der Waals surface area contributed by atoms with Gasteiger partial charge in [-0.1, -0.05) is 65.0 Å². The molecule has 0 aliphatic carbocycles. The second kappa shape index (κ2) is 8.07. The first-order valence-electron chi connectivity index (χ1n) is 4.66. The highest BCUT2D eigenvalue weighted by molar-refractivity contribution is 9.29. The summed E-state index contributed by atoms with van der Waals surface area (Å²) in [5.41, 5.74) is 0. The van der Waals surface area contributed by atoms with Gasteiger partial charge in [0.2, 0.25) is 0 Å². The Labute approximate surface area is 140 Å². The van der Waals surface area contributed by atoms with Crippen LogP contribution in [0.4, 0.5) is 0 Å². The molecule has 0 radical (unpaired) electrons. The van der Waals surface area contributed by atoms with Gasteiger partial charge >= 0.3 is 0 Å². The summed E-state index contributed by atoms with van der Waals surface area (Å²) in [4.78, 5) is 0. The Hall–Kier alpha value is 1.50. The molecule has 0 amide bonds. The molecule has 0 saturated heterocycles.